The number of likely N-dealkylation sites (N-methyl/N-ethyl adjacent to an activating group) is 1. The summed E-state index contributed by atoms with van der Waals surface area (Å²) in [6, 6.07) is 0.659. The Balaban J connectivity index is 2.61. The monoisotopic (exact) mass is 270 g/mol. The predicted octanol–water partition coefficient (Wildman–Crippen LogP) is 2.35. The molecule has 0 bridgehead atoms. The van der Waals surface area contributed by atoms with E-state index in [2.05, 4.69) is 37.9 Å². The smallest absolute Gasteiger partial charge is 0.0558 e. The molecule has 0 spiro atoms. The molecule has 0 aliphatic heterocycles. The Morgan fingerprint density at radius 3 is 2.53 bits per heavy atom. The first-order chi connectivity index (χ1) is 9.12. The summed E-state index contributed by atoms with van der Waals surface area (Å²) < 4.78 is 0. The van der Waals surface area contributed by atoms with Gasteiger partial charge in [-0.25, -0.2) is 0 Å². The molecule has 4 unspecified atom stereocenters. The molecule has 4 atom stereocenters. The fraction of sp³-hybridized carbons (Fsp3) is 1.00. The maximum Gasteiger partial charge on any atom is 0.0558 e. The zero-order chi connectivity index (χ0) is 14.3. The number of hydrogen-bond acceptors (Lipinski definition) is 3. The van der Waals surface area contributed by atoms with Crippen LogP contribution in [0.5, 0.6) is 0 Å². The van der Waals surface area contributed by atoms with Gasteiger partial charge in [-0.15, -0.1) is 0 Å². The van der Waals surface area contributed by atoms with Gasteiger partial charge in [-0.2, -0.15) is 0 Å². The van der Waals surface area contributed by atoms with E-state index in [0.29, 0.717) is 6.04 Å². The van der Waals surface area contributed by atoms with E-state index in [0.717, 1.165) is 43.9 Å². The van der Waals surface area contributed by atoms with E-state index in [9.17, 15) is 0 Å². The summed E-state index contributed by atoms with van der Waals surface area (Å²) in [5.41, 5.74) is 0. The minimum atomic E-state index is 0.276. The minimum absolute atomic E-state index is 0.276. The third kappa shape index (κ3) is 5.41. The first-order valence-corrected chi connectivity index (χ1v) is 8.18. The molecule has 114 valence electrons. The second-order valence-corrected chi connectivity index (χ2v) is 6.40. The molecule has 1 aliphatic carbocycles. The third-order valence-corrected chi connectivity index (χ3v) is 4.67. The maximum absolute atomic E-state index is 9.16. The van der Waals surface area contributed by atoms with Crippen molar-refractivity contribution in [2.45, 2.75) is 53.0 Å². The van der Waals surface area contributed by atoms with Crippen LogP contribution in [0.1, 0.15) is 47.0 Å². The van der Waals surface area contributed by atoms with Crippen molar-refractivity contribution in [3.8, 4) is 0 Å². The van der Waals surface area contributed by atoms with Gasteiger partial charge in [0.1, 0.15) is 0 Å². The van der Waals surface area contributed by atoms with E-state index in [-0.39, 0.29) is 6.61 Å². The Morgan fingerprint density at radius 1 is 1.21 bits per heavy atom. The Bertz CT molecular complexity index is 235. The molecule has 2 N–H and O–H groups in total. The molecule has 0 heterocycles. The van der Waals surface area contributed by atoms with Gasteiger partial charge >= 0.3 is 0 Å². The van der Waals surface area contributed by atoms with Gasteiger partial charge in [-0.05, 0) is 50.1 Å². The molecule has 0 amide bonds. The van der Waals surface area contributed by atoms with Crippen LogP contribution in [0.3, 0.4) is 0 Å². The highest BCUT2D eigenvalue weighted by Gasteiger charge is 2.34. The average Bonchev–Trinajstić information content (AvgIpc) is 2.38. The van der Waals surface area contributed by atoms with Gasteiger partial charge in [-0.3, -0.25) is 0 Å². The summed E-state index contributed by atoms with van der Waals surface area (Å²) in [5.74, 6) is 2.36. The zero-order valence-electron chi connectivity index (χ0n) is 13.4. The Labute approximate surface area is 119 Å². The Hall–Kier alpha value is -0.120. The number of aliphatic hydroxyl groups excluding tert-OH is 1. The summed E-state index contributed by atoms with van der Waals surface area (Å²) in [4.78, 5) is 2.40. The van der Waals surface area contributed by atoms with E-state index in [1.807, 2.05) is 0 Å². The third-order valence-electron chi connectivity index (χ3n) is 4.67. The largest absolute Gasteiger partial charge is 0.395 e. The molecule has 0 radical (unpaired) electrons. The predicted molar refractivity (Wildman–Crippen MR) is 82.3 cm³/mol. The highest BCUT2D eigenvalue weighted by molar-refractivity contribution is 4.89. The molecular weight excluding hydrogens is 236 g/mol. The number of aliphatic hydroxyl groups is 1. The van der Waals surface area contributed by atoms with Crippen molar-refractivity contribution < 1.29 is 5.11 Å². The molecule has 0 saturated heterocycles. The van der Waals surface area contributed by atoms with E-state index in [1.165, 1.54) is 19.3 Å². The van der Waals surface area contributed by atoms with Gasteiger partial charge < -0.3 is 15.3 Å². The quantitative estimate of drug-likeness (QED) is 0.711. The Kier molecular flexibility index (Phi) is 7.96. The lowest BCUT2D eigenvalue weighted by atomic mass is 9.72. The SMILES string of the molecule is CCCNC1CC(C)CC(C)C1CN(CC)CCO. The molecule has 1 aliphatic rings. The van der Waals surface area contributed by atoms with Gasteiger partial charge in [0, 0.05) is 19.1 Å². The summed E-state index contributed by atoms with van der Waals surface area (Å²) >= 11 is 0. The lowest BCUT2D eigenvalue weighted by Gasteiger charge is -2.42. The normalized spacial score (nSPS) is 31.9. The number of nitrogens with zero attached hydrogens (tertiary/aromatic N) is 1. The van der Waals surface area contributed by atoms with Gasteiger partial charge in [0.2, 0.25) is 0 Å². The molecule has 0 aromatic carbocycles. The van der Waals surface area contributed by atoms with Crippen LogP contribution < -0.4 is 5.32 Å². The molecule has 0 aromatic rings. The fourth-order valence-corrected chi connectivity index (χ4v) is 3.60. The highest BCUT2D eigenvalue weighted by atomic mass is 16.3. The van der Waals surface area contributed by atoms with Gasteiger partial charge in [-0.1, -0.05) is 27.7 Å². The summed E-state index contributed by atoms with van der Waals surface area (Å²) in [7, 11) is 0. The lowest BCUT2D eigenvalue weighted by molar-refractivity contribution is 0.0934. The van der Waals surface area contributed by atoms with Crippen LogP contribution in [0.4, 0.5) is 0 Å². The second-order valence-electron chi connectivity index (χ2n) is 6.40. The van der Waals surface area contributed by atoms with Gasteiger partial charge in [0.25, 0.3) is 0 Å². The van der Waals surface area contributed by atoms with Crippen LogP contribution in [0.2, 0.25) is 0 Å². The molecular formula is C16H34N2O. The van der Waals surface area contributed by atoms with Crippen molar-refractivity contribution in [1.29, 1.82) is 0 Å². The van der Waals surface area contributed by atoms with Crippen LogP contribution >= 0.6 is 0 Å². The van der Waals surface area contributed by atoms with Crippen molar-refractivity contribution in [3.63, 3.8) is 0 Å². The summed E-state index contributed by atoms with van der Waals surface area (Å²) in [6.07, 6.45) is 3.87. The molecule has 1 saturated carbocycles. The van der Waals surface area contributed by atoms with E-state index in [1.54, 1.807) is 0 Å². The van der Waals surface area contributed by atoms with Crippen molar-refractivity contribution >= 4 is 0 Å². The molecule has 1 fully saturated rings. The standard InChI is InChI=1S/C16H34N2O/c1-5-7-17-16-11-13(3)10-14(4)15(16)12-18(6-2)8-9-19/h13-17,19H,5-12H2,1-4H3. The van der Waals surface area contributed by atoms with Crippen molar-refractivity contribution in [2.24, 2.45) is 17.8 Å². The van der Waals surface area contributed by atoms with Crippen molar-refractivity contribution in [1.82, 2.24) is 10.2 Å². The van der Waals surface area contributed by atoms with E-state index >= 15 is 0 Å². The van der Waals surface area contributed by atoms with Gasteiger partial charge in [0.05, 0.1) is 6.61 Å². The van der Waals surface area contributed by atoms with E-state index < -0.39 is 0 Å². The second kappa shape index (κ2) is 8.93. The first-order valence-electron chi connectivity index (χ1n) is 8.18. The first kappa shape index (κ1) is 16.9. The molecule has 1 rings (SSSR count). The van der Waals surface area contributed by atoms with Crippen LogP contribution in [0.15, 0.2) is 0 Å². The number of nitrogens with one attached hydrogen (secondary N) is 1. The lowest BCUT2D eigenvalue weighted by Crippen LogP contribution is -2.49. The fourth-order valence-electron chi connectivity index (χ4n) is 3.60. The maximum atomic E-state index is 9.16. The number of rotatable bonds is 8. The highest BCUT2D eigenvalue weighted by Crippen LogP contribution is 2.34. The molecule has 3 heteroatoms. The van der Waals surface area contributed by atoms with Gasteiger partial charge in [0.15, 0.2) is 0 Å². The van der Waals surface area contributed by atoms with Crippen LogP contribution in [-0.4, -0.2) is 48.8 Å². The van der Waals surface area contributed by atoms with E-state index in [4.69, 9.17) is 5.11 Å². The number of hydrogen-bond donors (Lipinski definition) is 2. The van der Waals surface area contributed by atoms with Crippen LogP contribution in [-0.2, 0) is 0 Å². The topological polar surface area (TPSA) is 35.5 Å². The molecule has 0 aromatic heterocycles. The van der Waals surface area contributed by atoms with Crippen molar-refractivity contribution in [2.75, 3.05) is 32.8 Å². The van der Waals surface area contributed by atoms with Crippen LogP contribution in [0.25, 0.3) is 0 Å². The van der Waals surface area contributed by atoms with Crippen LogP contribution in [0, 0.1) is 17.8 Å². The average molecular weight is 270 g/mol. The summed E-state index contributed by atoms with van der Waals surface area (Å²) in [5, 5.41) is 12.9. The summed E-state index contributed by atoms with van der Waals surface area (Å²) in [6.45, 7) is 13.6. The molecule has 3 nitrogen and oxygen atoms in total. The minimum Gasteiger partial charge on any atom is -0.395 e. The molecule has 19 heavy (non-hydrogen) atoms. The van der Waals surface area contributed by atoms with Crippen molar-refractivity contribution in [3.05, 3.63) is 0 Å². The zero-order valence-corrected chi connectivity index (χ0v) is 13.4. The Morgan fingerprint density at radius 2 is 1.95 bits per heavy atom.